The topological polar surface area (TPSA) is 12.5 Å². The monoisotopic (exact) mass is 209 g/mol. The third-order valence-corrected chi connectivity index (χ3v) is 2.91. The van der Waals surface area contributed by atoms with Crippen LogP contribution in [0.15, 0.2) is 12.1 Å². The molecule has 1 aliphatic heterocycles. The van der Waals surface area contributed by atoms with Crippen molar-refractivity contribution in [3.05, 3.63) is 23.5 Å². The van der Waals surface area contributed by atoms with E-state index in [2.05, 4.69) is 4.90 Å². The van der Waals surface area contributed by atoms with Gasteiger partial charge in [-0.3, -0.25) is 0 Å². The maximum atomic E-state index is 13.5. The quantitative estimate of drug-likeness (QED) is 0.742. The van der Waals surface area contributed by atoms with Gasteiger partial charge in [0.2, 0.25) is 0 Å². The van der Waals surface area contributed by atoms with Crippen LogP contribution in [-0.4, -0.2) is 20.2 Å². The first-order chi connectivity index (χ1) is 7.22. The third kappa shape index (κ3) is 1.91. The van der Waals surface area contributed by atoms with Crippen molar-refractivity contribution < 1.29 is 9.13 Å². The van der Waals surface area contributed by atoms with Crippen molar-refractivity contribution in [2.75, 3.05) is 25.1 Å². The fraction of sp³-hybridized carbons (Fsp3) is 0.500. The highest BCUT2D eigenvalue weighted by Gasteiger charge is 2.17. The number of rotatable bonds is 2. The molecule has 1 aromatic rings. The fourth-order valence-electron chi connectivity index (χ4n) is 2.01. The Labute approximate surface area is 89.7 Å². The lowest BCUT2D eigenvalue weighted by Crippen LogP contribution is -2.18. The Balaban J connectivity index is 2.39. The van der Waals surface area contributed by atoms with E-state index in [1.165, 1.54) is 12.8 Å². The van der Waals surface area contributed by atoms with E-state index in [0.717, 1.165) is 24.5 Å². The van der Waals surface area contributed by atoms with E-state index in [9.17, 15) is 4.39 Å². The number of halogens is 1. The number of ether oxygens (including phenoxy) is 1. The normalized spacial score (nSPS) is 15.8. The van der Waals surface area contributed by atoms with Crippen LogP contribution in [-0.2, 0) is 0 Å². The van der Waals surface area contributed by atoms with Crippen molar-refractivity contribution in [3.8, 4) is 5.75 Å². The van der Waals surface area contributed by atoms with Gasteiger partial charge in [-0.25, -0.2) is 4.39 Å². The second-order valence-corrected chi connectivity index (χ2v) is 3.97. The van der Waals surface area contributed by atoms with Gasteiger partial charge < -0.3 is 9.64 Å². The molecule has 82 valence electrons. The Morgan fingerprint density at radius 2 is 1.93 bits per heavy atom. The first-order valence-corrected chi connectivity index (χ1v) is 5.31. The highest BCUT2D eigenvalue weighted by molar-refractivity contribution is 5.60. The van der Waals surface area contributed by atoms with Gasteiger partial charge in [-0.1, -0.05) is 0 Å². The average molecular weight is 209 g/mol. The lowest BCUT2D eigenvalue weighted by molar-refractivity contribution is 0.413. The second kappa shape index (κ2) is 4.09. The fourth-order valence-corrected chi connectivity index (χ4v) is 2.01. The predicted octanol–water partition coefficient (Wildman–Crippen LogP) is 2.74. The molecule has 1 aliphatic rings. The summed E-state index contributed by atoms with van der Waals surface area (Å²) in [5, 5.41) is 0. The van der Waals surface area contributed by atoms with E-state index < -0.39 is 0 Å². The van der Waals surface area contributed by atoms with Crippen LogP contribution >= 0.6 is 0 Å². The van der Waals surface area contributed by atoms with E-state index in [4.69, 9.17) is 4.74 Å². The number of anilines is 1. The molecule has 2 nitrogen and oxygen atoms in total. The van der Waals surface area contributed by atoms with Crippen molar-refractivity contribution in [1.29, 1.82) is 0 Å². The van der Waals surface area contributed by atoms with Gasteiger partial charge in [-0.2, -0.15) is 0 Å². The van der Waals surface area contributed by atoms with E-state index in [1.807, 2.05) is 0 Å². The van der Waals surface area contributed by atoms with Gasteiger partial charge in [-0.05, 0) is 31.4 Å². The molecular weight excluding hydrogens is 193 g/mol. The summed E-state index contributed by atoms with van der Waals surface area (Å²) < 4.78 is 18.8. The molecule has 1 aromatic carbocycles. The minimum atomic E-state index is -0.155. The standard InChI is InChI=1S/C12H16FNO/c1-9-7-12(15-2)11(8-10(9)13)14-5-3-4-6-14/h7-8H,3-6H2,1-2H3. The van der Waals surface area contributed by atoms with Crippen LogP contribution < -0.4 is 9.64 Å². The molecule has 0 aromatic heterocycles. The molecule has 0 N–H and O–H groups in total. The van der Waals surface area contributed by atoms with Crippen molar-refractivity contribution in [2.24, 2.45) is 0 Å². The molecule has 1 fully saturated rings. The van der Waals surface area contributed by atoms with E-state index >= 15 is 0 Å². The van der Waals surface area contributed by atoms with Crippen LogP contribution in [0.4, 0.5) is 10.1 Å². The largest absolute Gasteiger partial charge is 0.495 e. The molecule has 0 amide bonds. The molecule has 2 rings (SSSR count). The SMILES string of the molecule is COc1cc(C)c(F)cc1N1CCCC1. The van der Waals surface area contributed by atoms with Crippen LogP contribution in [0.25, 0.3) is 0 Å². The zero-order valence-electron chi connectivity index (χ0n) is 9.22. The first kappa shape index (κ1) is 10.3. The molecule has 0 atom stereocenters. The van der Waals surface area contributed by atoms with Crippen molar-refractivity contribution in [2.45, 2.75) is 19.8 Å². The van der Waals surface area contributed by atoms with Gasteiger partial charge in [0, 0.05) is 19.2 Å². The second-order valence-electron chi connectivity index (χ2n) is 3.97. The van der Waals surface area contributed by atoms with Gasteiger partial charge >= 0.3 is 0 Å². The summed E-state index contributed by atoms with van der Waals surface area (Å²) in [6.07, 6.45) is 2.36. The smallest absolute Gasteiger partial charge is 0.142 e. The first-order valence-electron chi connectivity index (χ1n) is 5.31. The molecular formula is C12H16FNO. The maximum Gasteiger partial charge on any atom is 0.142 e. The summed E-state index contributed by atoms with van der Waals surface area (Å²) in [5.74, 6) is 0.619. The summed E-state index contributed by atoms with van der Waals surface area (Å²) in [6.45, 7) is 3.75. The summed E-state index contributed by atoms with van der Waals surface area (Å²) in [7, 11) is 1.63. The maximum absolute atomic E-state index is 13.5. The highest BCUT2D eigenvalue weighted by atomic mass is 19.1. The number of hydrogen-bond acceptors (Lipinski definition) is 2. The Morgan fingerprint density at radius 3 is 2.53 bits per heavy atom. The molecule has 0 saturated carbocycles. The van der Waals surface area contributed by atoms with Crippen LogP contribution in [0.3, 0.4) is 0 Å². The molecule has 0 spiro atoms. The molecule has 1 heterocycles. The molecule has 0 aliphatic carbocycles. The Kier molecular flexibility index (Phi) is 2.80. The summed E-state index contributed by atoms with van der Waals surface area (Å²) >= 11 is 0. The van der Waals surface area contributed by atoms with Crippen LogP contribution in [0.5, 0.6) is 5.75 Å². The van der Waals surface area contributed by atoms with Crippen molar-refractivity contribution >= 4 is 5.69 Å². The zero-order chi connectivity index (χ0) is 10.8. The van der Waals surface area contributed by atoms with E-state index in [0.29, 0.717) is 5.56 Å². The molecule has 3 heteroatoms. The van der Waals surface area contributed by atoms with Gasteiger partial charge in [0.15, 0.2) is 0 Å². The molecule has 0 radical (unpaired) electrons. The number of aryl methyl sites for hydroxylation is 1. The molecule has 1 saturated heterocycles. The minimum Gasteiger partial charge on any atom is -0.495 e. The zero-order valence-corrected chi connectivity index (χ0v) is 9.22. The number of nitrogens with zero attached hydrogens (tertiary/aromatic N) is 1. The summed E-state index contributed by atoms with van der Waals surface area (Å²) in [5.41, 5.74) is 1.52. The van der Waals surface area contributed by atoms with Gasteiger partial charge in [-0.15, -0.1) is 0 Å². The minimum absolute atomic E-state index is 0.155. The lowest BCUT2D eigenvalue weighted by atomic mass is 10.2. The molecule has 15 heavy (non-hydrogen) atoms. The number of hydrogen-bond donors (Lipinski definition) is 0. The Morgan fingerprint density at radius 1 is 1.27 bits per heavy atom. The van der Waals surface area contributed by atoms with Crippen LogP contribution in [0, 0.1) is 12.7 Å². The highest BCUT2D eigenvalue weighted by Crippen LogP contribution is 2.32. The number of methoxy groups -OCH3 is 1. The van der Waals surface area contributed by atoms with Gasteiger partial charge in [0.25, 0.3) is 0 Å². The number of benzene rings is 1. The molecule has 0 unspecified atom stereocenters. The Bertz CT molecular complexity index is 359. The third-order valence-electron chi connectivity index (χ3n) is 2.91. The molecule has 0 bridgehead atoms. The van der Waals surface area contributed by atoms with Gasteiger partial charge in [0.05, 0.1) is 12.8 Å². The van der Waals surface area contributed by atoms with E-state index in [1.54, 1.807) is 26.2 Å². The average Bonchev–Trinajstić information content (AvgIpc) is 2.74. The van der Waals surface area contributed by atoms with Crippen LogP contribution in [0.2, 0.25) is 0 Å². The van der Waals surface area contributed by atoms with Crippen LogP contribution in [0.1, 0.15) is 18.4 Å². The lowest BCUT2D eigenvalue weighted by Gasteiger charge is -2.21. The summed E-state index contributed by atoms with van der Waals surface area (Å²) in [6, 6.07) is 3.35. The van der Waals surface area contributed by atoms with Gasteiger partial charge in [0.1, 0.15) is 11.6 Å². The predicted molar refractivity (Wildman–Crippen MR) is 59.1 cm³/mol. The van der Waals surface area contributed by atoms with Crippen molar-refractivity contribution in [3.63, 3.8) is 0 Å². The van der Waals surface area contributed by atoms with Crippen molar-refractivity contribution in [1.82, 2.24) is 0 Å². The van der Waals surface area contributed by atoms with E-state index in [-0.39, 0.29) is 5.82 Å². The Hall–Kier alpha value is -1.25. The summed E-state index contributed by atoms with van der Waals surface area (Å²) in [4.78, 5) is 2.18.